The van der Waals surface area contributed by atoms with Crippen LogP contribution in [0, 0.1) is 5.92 Å². The molecule has 2 aromatic carbocycles. The molecular formula is C30H32N2O3. The SMILES string of the molecule is Oc1ccc2c3c1O[C@H]1c4[nH]c5c6c(ccc5c4C[C@@]4(O)[C@H](C2)N(CC2CC2)CC[C@]314)CCCC6. The van der Waals surface area contributed by atoms with Crippen LogP contribution in [-0.2, 0) is 31.1 Å². The molecule has 9 rings (SSSR count). The molecule has 4 atom stereocenters. The number of hydrogen-bond acceptors (Lipinski definition) is 4. The van der Waals surface area contributed by atoms with Gasteiger partial charge in [0.1, 0.15) is 0 Å². The number of rotatable bonds is 2. The van der Waals surface area contributed by atoms with Crippen LogP contribution in [0.5, 0.6) is 11.5 Å². The highest BCUT2D eigenvalue weighted by Gasteiger charge is 2.72. The number of phenols is 1. The summed E-state index contributed by atoms with van der Waals surface area (Å²) < 4.78 is 6.74. The first-order valence-corrected chi connectivity index (χ1v) is 13.7. The smallest absolute Gasteiger partial charge is 0.166 e. The summed E-state index contributed by atoms with van der Waals surface area (Å²) in [5.41, 5.74) is 7.52. The van der Waals surface area contributed by atoms with Crippen molar-refractivity contribution in [2.24, 2.45) is 5.92 Å². The lowest BCUT2D eigenvalue weighted by Crippen LogP contribution is -2.74. The molecule has 0 unspecified atom stereocenters. The largest absolute Gasteiger partial charge is 0.504 e. The van der Waals surface area contributed by atoms with Crippen molar-refractivity contribution in [2.75, 3.05) is 13.1 Å². The van der Waals surface area contributed by atoms with Gasteiger partial charge in [-0.25, -0.2) is 0 Å². The number of fused-ring (bicyclic) bond motifs is 6. The molecule has 0 amide bonds. The molecule has 3 N–H and O–H groups in total. The van der Waals surface area contributed by atoms with E-state index < -0.39 is 11.0 Å². The van der Waals surface area contributed by atoms with Crippen molar-refractivity contribution in [1.29, 1.82) is 0 Å². The average Bonchev–Trinajstić information content (AvgIpc) is 3.49. The molecule has 1 saturated heterocycles. The van der Waals surface area contributed by atoms with Gasteiger partial charge < -0.3 is 19.9 Å². The van der Waals surface area contributed by atoms with Gasteiger partial charge in [-0.3, -0.25) is 4.90 Å². The topological polar surface area (TPSA) is 68.7 Å². The minimum atomic E-state index is -0.908. The third kappa shape index (κ3) is 2.20. The van der Waals surface area contributed by atoms with Gasteiger partial charge in [-0.15, -0.1) is 0 Å². The average molecular weight is 469 g/mol. The maximum Gasteiger partial charge on any atom is 0.166 e. The minimum Gasteiger partial charge on any atom is -0.504 e. The van der Waals surface area contributed by atoms with Gasteiger partial charge in [0, 0.05) is 35.5 Å². The van der Waals surface area contributed by atoms with Crippen molar-refractivity contribution in [3.05, 3.63) is 57.8 Å². The van der Waals surface area contributed by atoms with Crippen molar-refractivity contribution in [3.63, 3.8) is 0 Å². The lowest BCUT2D eigenvalue weighted by molar-refractivity contribution is -0.173. The first-order chi connectivity index (χ1) is 17.1. The third-order valence-corrected chi connectivity index (χ3v) is 10.7. The maximum absolute atomic E-state index is 13.0. The van der Waals surface area contributed by atoms with E-state index in [1.165, 1.54) is 58.8 Å². The Hall–Kier alpha value is -2.50. The lowest BCUT2D eigenvalue weighted by atomic mass is 9.49. The van der Waals surface area contributed by atoms with Gasteiger partial charge in [0.05, 0.1) is 16.7 Å². The van der Waals surface area contributed by atoms with Gasteiger partial charge in [0.25, 0.3) is 0 Å². The molecule has 6 aliphatic rings. The molecule has 4 aliphatic carbocycles. The van der Waals surface area contributed by atoms with Crippen molar-refractivity contribution >= 4 is 10.9 Å². The Morgan fingerprint density at radius 1 is 1.06 bits per heavy atom. The van der Waals surface area contributed by atoms with Crippen molar-refractivity contribution in [1.82, 2.24) is 9.88 Å². The van der Waals surface area contributed by atoms with E-state index in [0.29, 0.717) is 12.2 Å². The van der Waals surface area contributed by atoms with Crippen LogP contribution in [-0.4, -0.2) is 44.8 Å². The standard InChI is InChI=1S/C30H32N2O3/c33-22-10-8-18-13-23-30(34)14-21-20-9-7-17-3-1-2-4-19(17)25(20)31-26(21)28-29(30,24(18)27(22)35-28)11-12-32(23)15-16-5-6-16/h7-10,16,23,28,31,33-34H,1-6,11-15H2/t23-,28-,29-,30+/m0/s1. The summed E-state index contributed by atoms with van der Waals surface area (Å²) in [5, 5.41) is 25.1. The predicted octanol–water partition coefficient (Wildman–Crippen LogP) is 4.45. The fraction of sp³-hybridized carbons (Fsp3) is 0.533. The summed E-state index contributed by atoms with van der Waals surface area (Å²) in [7, 11) is 0. The quantitative estimate of drug-likeness (QED) is 0.520. The number of benzene rings is 2. The molecule has 35 heavy (non-hydrogen) atoms. The van der Waals surface area contributed by atoms with E-state index in [1.54, 1.807) is 6.07 Å². The third-order valence-electron chi connectivity index (χ3n) is 10.7. The van der Waals surface area contributed by atoms with Crippen LogP contribution in [0.2, 0.25) is 0 Å². The van der Waals surface area contributed by atoms with E-state index in [-0.39, 0.29) is 17.9 Å². The van der Waals surface area contributed by atoms with Gasteiger partial charge >= 0.3 is 0 Å². The predicted molar refractivity (Wildman–Crippen MR) is 133 cm³/mol. The summed E-state index contributed by atoms with van der Waals surface area (Å²) >= 11 is 0. The van der Waals surface area contributed by atoms with Gasteiger partial charge in [-0.2, -0.15) is 0 Å². The zero-order chi connectivity index (χ0) is 23.1. The van der Waals surface area contributed by atoms with Crippen LogP contribution in [0.25, 0.3) is 10.9 Å². The summed E-state index contributed by atoms with van der Waals surface area (Å²) in [4.78, 5) is 6.48. The Balaban J connectivity index is 1.32. The molecule has 1 saturated carbocycles. The number of aromatic amines is 1. The number of H-pyrrole nitrogens is 1. The number of ether oxygens (including phenoxy) is 1. The van der Waals surface area contributed by atoms with Crippen LogP contribution in [0.3, 0.4) is 0 Å². The molecule has 5 heteroatoms. The van der Waals surface area contributed by atoms with Crippen molar-refractivity contribution in [2.45, 2.75) is 80.9 Å². The second-order valence-electron chi connectivity index (χ2n) is 12.3. The molecule has 1 aromatic heterocycles. The Kier molecular flexibility index (Phi) is 3.51. The molecule has 3 aromatic rings. The maximum atomic E-state index is 13.0. The summed E-state index contributed by atoms with van der Waals surface area (Å²) in [5.74, 6) is 1.62. The van der Waals surface area contributed by atoms with Gasteiger partial charge in [0.2, 0.25) is 0 Å². The number of aromatic nitrogens is 1. The van der Waals surface area contributed by atoms with Gasteiger partial charge in [-0.05, 0) is 92.1 Å². The summed E-state index contributed by atoms with van der Waals surface area (Å²) in [6, 6.07) is 8.60. The number of nitrogens with zero attached hydrogens (tertiary/aromatic N) is 1. The highest BCUT2D eigenvalue weighted by molar-refractivity contribution is 5.90. The van der Waals surface area contributed by atoms with Crippen LogP contribution < -0.4 is 4.74 Å². The Morgan fingerprint density at radius 2 is 1.91 bits per heavy atom. The Labute approximate surface area is 205 Å². The minimum absolute atomic E-state index is 0.0849. The molecular weight excluding hydrogens is 436 g/mol. The molecule has 180 valence electrons. The highest BCUT2D eigenvalue weighted by Crippen LogP contribution is 2.69. The normalized spacial score (nSPS) is 34.3. The molecule has 1 spiro atoms. The summed E-state index contributed by atoms with van der Waals surface area (Å²) in [6.07, 6.45) is 9.51. The van der Waals surface area contributed by atoms with Crippen LogP contribution in [0.15, 0.2) is 24.3 Å². The van der Waals surface area contributed by atoms with E-state index in [2.05, 4.69) is 28.1 Å². The molecule has 0 radical (unpaired) electrons. The zero-order valence-electron chi connectivity index (χ0n) is 20.1. The fourth-order valence-corrected chi connectivity index (χ4v) is 8.93. The van der Waals surface area contributed by atoms with E-state index in [0.717, 1.165) is 55.9 Å². The number of likely N-dealkylation sites (tertiary alicyclic amines) is 1. The first kappa shape index (κ1) is 19.7. The van der Waals surface area contributed by atoms with Crippen molar-refractivity contribution < 1.29 is 14.9 Å². The van der Waals surface area contributed by atoms with Crippen LogP contribution in [0.1, 0.15) is 71.7 Å². The number of aryl methyl sites for hydroxylation is 2. The fourth-order valence-electron chi connectivity index (χ4n) is 8.93. The first-order valence-electron chi connectivity index (χ1n) is 13.7. The number of hydrogen-bond donors (Lipinski definition) is 3. The van der Waals surface area contributed by atoms with Gasteiger partial charge in [0.15, 0.2) is 17.6 Å². The Morgan fingerprint density at radius 3 is 2.80 bits per heavy atom. The van der Waals surface area contributed by atoms with Crippen molar-refractivity contribution in [3.8, 4) is 11.5 Å². The van der Waals surface area contributed by atoms with E-state index in [4.69, 9.17) is 4.74 Å². The molecule has 2 bridgehead atoms. The molecule has 2 fully saturated rings. The van der Waals surface area contributed by atoms with E-state index in [1.807, 2.05) is 0 Å². The van der Waals surface area contributed by atoms with Crippen LogP contribution >= 0.6 is 0 Å². The summed E-state index contributed by atoms with van der Waals surface area (Å²) in [6.45, 7) is 2.09. The number of aliphatic hydroxyl groups is 1. The Bertz CT molecular complexity index is 1440. The number of piperidine rings is 1. The molecule has 5 nitrogen and oxygen atoms in total. The van der Waals surface area contributed by atoms with E-state index in [9.17, 15) is 10.2 Å². The second kappa shape index (κ2) is 6.24. The number of phenolic OH excluding ortho intramolecular Hbond substituents is 1. The zero-order valence-corrected chi connectivity index (χ0v) is 20.1. The lowest BCUT2D eigenvalue weighted by Gasteiger charge is -2.62. The van der Waals surface area contributed by atoms with Gasteiger partial charge in [-0.1, -0.05) is 18.2 Å². The van der Waals surface area contributed by atoms with Crippen LogP contribution in [0.4, 0.5) is 0 Å². The molecule has 2 aliphatic heterocycles. The number of nitrogens with one attached hydrogen (secondary N) is 1. The number of aromatic hydroxyl groups is 1. The second-order valence-corrected chi connectivity index (χ2v) is 12.3. The monoisotopic (exact) mass is 468 g/mol. The molecule has 3 heterocycles. The highest BCUT2D eigenvalue weighted by atomic mass is 16.5. The van der Waals surface area contributed by atoms with E-state index >= 15 is 0 Å².